The van der Waals surface area contributed by atoms with Gasteiger partial charge >= 0.3 is 0 Å². The Hall–Kier alpha value is -1.71. The quantitative estimate of drug-likeness (QED) is 0.278. The minimum atomic E-state index is -3.71. The molecule has 0 aromatic heterocycles. The minimum Gasteiger partial charge on any atom is -0.354 e. The first-order valence-electron chi connectivity index (χ1n) is 12.2. The molecule has 12 heteroatoms. The smallest absolute Gasteiger partial charge is 0.242 e. The van der Waals surface area contributed by atoms with E-state index >= 15 is 0 Å². The maximum absolute atomic E-state index is 13.5. The fraction of sp³-hybridized carbons (Fsp3) is 0.462. The second kappa shape index (κ2) is 14.6. The Labute approximate surface area is 245 Å². The molecule has 2 rings (SSSR count). The van der Waals surface area contributed by atoms with Gasteiger partial charge in [-0.3, -0.25) is 13.9 Å². The lowest BCUT2D eigenvalue weighted by Gasteiger charge is -2.31. The molecule has 38 heavy (non-hydrogen) atoms. The third-order valence-electron chi connectivity index (χ3n) is 5.76. The molecule has 0 saturated heterocycles. The number of hydrogen-bond acceptors (Lipinski definition) is 4. The lowest BCUT2D eigenvalue weighted by molar-refractivity contribution is -0.141. The molecule has 0 bridgehead atoms. The van der Waals surface area contributed by atoms with Gasteiger partial charge in [0.1, 0.15) is 6.04 Å². The molecule has 1 N–H and O–H groups in total. The number of halogens is 4. The Balaban J connectivity index is 2.28. The fourth-order valence-corrected chi connectivity index (χ4v) is 5.71. The Morgan fingerprint density at radius 2 is 1.61 bits per heavy atom. The molecule has 0 aliphatic rings. The number of carbonyl (C=O) groups is 2. The molecule has 2 aromatic rings. The molecular weight excluding hydrogens is 592 g/mol. The molecule has 0 heterocycles. The normalized spacial score (nSPS) is 12.3. The second-order valence-corrected chi connectivity index (χ2v) is 12.9. The fourth-order valence-electron chi connectivity index (χ4n) is 3.83. The molecule has 210 valence electrons. The molecule has 0 radical (unpaired) electrons. The van der Waals surface area contributed by atoms with Crippen LogP contribution < -0.4 is 9.62 Å². The van der Waals surface area contributed by atoms with E-state index in [0.717, 1.165) is 10.6 Å². The summed E-state index contributed by atoms with van der Waals surface area (Å²) in [7, 11) is -3.71. The first kappa shape index (κ1) is 32.5. The van der Waals surface area contributed by atoms with Crippen molar-refractivity contribution in [1.82, 2.24) is 10.2 Å². The second-order valence-electron chi connectivity index (χ2n) is 9.35. The van der Waals surface area contributed by atoms with E-state index in [9.17, 15) is 18.0 Å². The van der Waals surface area contributed by atoms with Crippen molar-refractivity contribution in [3.05, 3.63) is 62.1 Å². The Kier molecular flexibility index (Phi) is 12.5. The van der Waals surface area contributed by atoms with Gasteiger partial charge in [0, 0.05) is 41.1 Å². The van der Waals surface area contributed by atoms with Crippen LogP contribution in [-0.2, 0) is 26.2 Å². The van der Waals surface area contributed by atoms with E-state index in [1.165, 1.54) is 17.0 Å². The van der Waals surface area contributed by atoms with Gasteiger partial charge in [-0.05, 0) is 54.7 Å². The van der Waals surface area contributed by atoms with Crippen LogP contribution in [0.1, 0.15) is 45.6 Å². The van der Waals surface area contributed by atoms with Crippen molar-refractivity contribution in [2.45, 2.75) is 52.6 Å². The molecule has 0 aliphatic carbocycles. The first-order chi connectivity index (χ1) is 17.7. The third-order valence-corrected chi connectivity index (χ3v) is 8.08. The Morgan fingerprint density at radius 3 is 2.18 bits per heavy atom. The summed E-state index contributed by atoms with van der Waals surface area (Å²) in [6.07, 6.45) is 1.62. The van der Waals surface area contributed by atoms with Gasteiger partial charge in [-0.15, -0.1) is 0 Å². The zero-order valence-electron chi connectivity index (χ0n) is 21.8. The number of nitrogens with one attached hydrogen (secondary N) is 1. The molecule has 7 nitrogen and oxygen atoms in total. The van der Waals surface area contributed by atoms with E-state index < -0.39 is 16.1 Å². The highest BCUT2D eigenvalue weighted by molar-refractivity contribution is 7.92. The third kappa shape index (κ3) is 9.49. The van der Waals surface area contributed by atoms with Crippen LogP contribution in [-0.4, -0.2) is 50.5 Å². The summed E-state index contributed by atoms with van der Waals surface area (Å²) in [4.78, 5) is 28.1. The van der Waals surface area contributed by atoms with Crippen molar-refractivity contribution < 1.29 is 18.0 Å². The maximum atomic E-state index is 13.5. The van der Waals surface area contributed by atoms with Gasteiger partial charge in [0.25, 0.3) is 0 Å². The van der Waals surface area contributed by atoms with Gasteiger partial charge in [0.05, 0.1) is 17.0 Å². The van der Waals surface area contributed by atoms with E-state index in [2.05, 4.69) is 5.32 Å². The zero-order valence-corrected chi connectivity index (χ0v) is 25.6. The highest BCUT2D eigenvalue weighted by Crippen LogP contribution is 2.31. The van der Waals surface area contributed by atoms with Crippen molar-refractivity contribution in [3.63, 3.8) is 0 Å². The SMILES string of the molecule is CC[C@@H](C(=O)NCC(C)C)N(Cc1ccc(Cl)cc1Cl)C(=O)CCCN(c1cc(Cl)ccc1Cl)S(C)(=O)=O. The largest absolute Gasteiger partial charge is 0.354 e. The minimum absolute atomic E-state index is 0.00346. The van der Waals surface area contributed by atoms with Crippen molar-refractivity contribution in [2.75, 3.05) is 23.7 Å². The molecule has 0 aliphatic heterocycles. The number of amides is 2. The highest BCUT2D eigenvalue weighted by Gasteiger charge is 2.29. The molecule has 0 spiro atoms. The monoisotopic (exact) mass is 623 g/mol. The van der Waals surface area contributed by atoms with Crippen LogP contribution >= 0.6 is 46.4 Å². The number of anilines is 1. The van der Waals surface area contributed by atoms with Crippen LogP contribution in [0.4, 0.5) is 5.69 Å². The lowest BCUT2D eigenvalue weighted by Crippen LogP contribution is -2.49. The van der Waals surface area contributed by atoms with Crippen LogP contribution in [0.5, 0.6) is 0 Å². The van der Waals surface area contributed by atoms with E-state index in [-0.39, 0.29) is 54.4 Å². The molecule has 0 unspecified atom stereocenters. The number of carbonyl (C=O) groups excluding carboxylic acids is 2. The zero-order chi connectivity index (χ0) is 28.6. The van der Waals surface area contributed by atoms with Crippen molar-refractivity contribution in [2.24, 2.45) is 5.92 Å². The predicted octanol–water partition coefficient (Wildman–Crippen LogP) is 6.43. The van der Waals surface area contributed by atoms with Gasteiger partial charge in [0.2, 0.25) is 21.8 Å². The number of nitrogens with zero attached hydrogens (tertiary/aromatic N) is 2. The average molecular weight is 625 g/mol. The summed E-state index contributed by atoms with van der Waals surface area (Å²) in [5, 5.41) is 4.29. The highest BCUT2D eigenvalue weighted by atomic mass is 35.5. The lowest BCUT2D eigenvalue weighted by atomic mass is 10.1. The van der Waals surface area contributed by atoms with Crippen molar-refractivity contribution in [3.8, 4) is 0 Å². The molecule has 0 fully saturated rings. The molecule has 0 saturated carbocycles. The average Bonchev–Trinajstić information content (AvgIpc) is 2.82. The summed E-state index contributed by atoms with van der Waals surface area (Å²) in [6.45, 7) is 6.36. The van der Waals surface area contributed by atoms with Crippen molar-refractivity contribution in [1.29, 1.82) is 0 Å². The van der Waals surface area contributed by atoms with Crippen LogP contribution in [0, 0.1) is 5.92 Å². The van der Waals surface area contributed by atoms with Crippen LogP contribution in [0.15, 0.2) is 36.4 Å². The Bertz CT molecular complexity index is 1240. The Morgan fingerprint density at radius 1 is 0.974 bits per heavy atom. The van der Waals surface area contributed by atoms with E-state index in [1.54, 1.807) is 24.3 Å². The predicted molar refractivity (Wildman–Crippen MR) is 157 cm³/mol. The van der Waals surface area contributed by atoms with Gasteiger partial charge < -0.3 is 10.2 Å². The molecular formula is C26H33Cl4N3O4S. The van der Waals surface area contributed by atoms with Gasteiger partial charge in [-0.25, -0.2) is 8.42 Å². The number of rotatable bonds is 13. The molecule has 1 atom stereocenters. The summed E-state index contributed by atoms with van der Waals surface area (Å²) in [5.41, 5.74) is 0.876. The van der Waals surface area contributed by atoms with Crippen LogP contribution in [0.2, 0.25) is 20.1 Å². The number of benzene rings is 2. The van der Waals surface area contributed by atoms with E-state index in [4.69, 9.17) is 46.4 Å². The summed E-state index contributed by atoms with van der Waals surface area (Å²) < 4.78 is 26.2. The van der Waals surface area contributed by atoms with Gasteiger partial charge in [-0.2, -0.15) is 0 Å². The maximum Gasteiger partial charge on any atom is 0.242 e. The number of sulfonamides is 1. The van der Waals surface area contributed by atoms with E-state index in [1.807, 2.05) is 20.8 Å². The molecule has 2 aromatic carbocycles. The van der Waals surface area contributed by atoms with Gasteiger partial charge in [0.15, 0.2) is 0 Å². The topological polar surface area (TPSA) is 86.8 Å². The van der Waals surface area contributed by atoms with E-state index in [0.29, 0.717) is 33.6 Å². The summed E-state index contributed by atoms with van der Waals surface area (Å²) in [5.74, 6) is -0.331. The number of hydrogen-bond donors (Lipinski definition) is 1. The van der Waals surface area contributed by atoms with Crippen LogP contribution in [0.3, 0.4) is 0 Å². The molecule has 2 amide bonds. The summed E-state index contributed by atoms with van der Waals surface area (Å²) >= 11 is 24.7. The standard InChI is InChI=1S/C26H33Cl4N3O4S/c1-5-23(26(35)31-15-17(2)3)32(16-18-8-9-19(27)13-22(18)30)25(34)7-6-12-33(38(4,36)37)24-14-20(28)10-11-21(24)29/h8-11,13-14,17,23H,5-7,12,15-16H2,1-4H3,(H,31,35)/t23-/m0/s1. The summed E-state index contributed by atoms with van der Waals surface area (Å²) in [6, 6.07) is 8.78. The van der Waals surface area contributed by atoms with Crippen LogP contribution in [0.25, 0.3) is 0 Å². The van der Waals surface area contributed by atoms with Gasteiger partial charge in [-0.1, -0.05) is 73.2 Å². The van der Waals surface area contributed by atoms with Crippen molar-refractivity contribution >= 4 is 73.9 Å². The first-order valence-corrected chi connectivity index (χ1v) is 15.5.